The Morgan fingerprint density at radius 3 is 2.67 bits per heavy atom. The summed E-state index contributed by atoms with van der Waals surface area (Å²) in [5, 5.41) is 28.1. The number of hydrogen-bond donors (Lipinski definition) is 1. The van der Waals surface area contributed by atoms with Crippen molar-refractivity contribution in [1.82, 2.24) is 4.98 Å². The Morgan fingerprint density at radius 1 is 1.61 bits per heavy atom. The van der Waals surface area contributed by atoms with E-state index in [4.69, 9.17) is 5.26 Å². The molecule has 0 aromatic carbocycles. The van der Waals surface area contributed by atoms with Crippen LogP contribution in [0.2, 0.25) is 0 Å². The zero-order chi connectivity index (χ0) is 13.9. The third kappa shape index (κ3) is 2.97. The van der Waals surface area contributed by atoms with Crippen LogP contribution in [0.25, 0.3) is 0 Å². The van der Waals surface area contributed by atoms with Crippen LogP contribution in [0.5, 0.6) is 11.5 Å². The van der Waals surface area contributed by atoms with Crippen LogP contribution < -0.4 is 4.74 Å². The molecule has 0 spiro atoms. The number of nitro groups is 1. The Morgan fingerprint density at radius 2 is 2.22 bits per heavy atom. The molecule has 1 rings (SSSR count). The Hall–Kier alpha value is -2.57. The van der Waals surface area contributed by atoms with E-state index >= 15 is 0 Å². The first-order valence-corrected chi connectivity index (χ1v) is 4.24. The van der Waals surface area contributed by atoms with Gasteiger partial charge in [-0.2, -0.15) is 5.26 Å². The lowest BCUT2D eigenvalue weighted by molar-refractivity contribution is -0.390. The summed E-state index contributed by atoms with van der Waals surface area (Å²) >= 11 is 0. The second-order valence-electron chi connectivity index (χ2n) is 2.92. The van der Waals surface area contributed by atoms with Gasteiger partial charge in [0.25, 0.3) is 5.75 Å². The fourth-order valence-corrected chi connectivity index (χ4v) is 1.09. The molecule has 0 fully saturated rings. The monoisotopic (exact) mass is 263 g/mol. The van der Waals surface area contributed by atoms with Gasteiger partial charge in [-0.3, -0.25) is 0 Å². The number of hydrogen-bond acceptors (Lipinski definition) is 6. The Bertz CT molecular complexity index is 524. The minimum Gasteiger partial charge on any atom is -0.498 e. The van der Waals surface area contributed by atoms with Gasteiger partial charge in [-0.25, -0.2) is 0 Å². The summed E-state index contributed by atoms with van der Waals surface area (Å²) in [6, 6.07) is 1.52. The summed E-state index contributed by atoms with van der Waals surface area (Å²) in [4.78, 5) is 12.4. The largest absolute Gasteiger partial charge is 0.573 e. The first-order chi connectivity index (χ1) is 8.26. The standard InChI is InChI=1S/C8H4F3N3O4/c9-8(10,11)18-6-4(1-2-12)3-13-7(5(6)15)14(16)17/h3,15H,1H2. The molecule has 0 aliphatic rings. The lowest BCUT2D eigenvalue weighted by Gasteiger charge is -2.11. The van der Waals surface area contributed by atoms with E-state index in [2.05, 4.69) is 9.72 Å². The lowest BCUT2D eigenvalue weighted by atomic mass is 10.2. The molecule has 18 heavy (non-hydrogen) atoms. The van der Waals surface area contributed by atoms with Gasteiger partial charge in [0.05, 0.1) is 18.1 Å². The van der Waals surface area contributed by atoms with Crippen molar-refractivity contribution in [2.24, 2.45) is 0 Å². The van der Waals surface area contributed by atoms with E-state index in [1.165, 1.54) is 6.07 Å². The molecule has 0 unspecified atom stereocenters. The van der Waals surface area contributed by atoms with Gasteiger partial charge in [0.2, 0.25) is 0 Å². The highest BCUT2D eigenvalue weighted by atomic mass is 19.4. The molecule has 0 saturated heterocycles. The van der Waals surface area contributed by atoms with Crippen LogP contribution in [0.4, 0.5) is 19.0 Å². The highest BCUT2D eigenvalue weighted by Crippen LogP contribution is 2.39. The van der Waals surface area contributed by atoms with Crippen molar-refractivity contribution in [3.8, 4) is 17.6 Å². The summed E-state index contributed by atoms with van der Waals surface area (Å²) in [6.45, 7) is 0. The van der Waals surface area contributed by atoms with E-state index in [0.29, 0.717) is 6.20 Å². The molecule has 7 nitrogen and oxygen atoms in total. The molecule has 0 saturated carbocycles. The number of aromatic hydroxyl groups is 1. The molecular formula is C8H4F3N3O4. The number of nitriles is 1. The van der Waals surface area contributed by atoms with Crippen molar-refractivity contribution in [3.05, 3.63) is 21.9 Å². The van der Waals surface area contributed by atoms with Crippen LogP contribution >= 0.6 is 0 Å². The number of halogens is 3. The van der Waals surface area contributed by atoms with E-state index < -0.39 is 40.6 Å². The molecule has 0 aliphatic carbocycles. The molecule has 1 N–H and O–H groups in total. The third-order valence-electron chi connectivity index (χ3n) is 1.72. The molecule has 0 amide bonds. The fraction of sp³-hybridized carbons (Fsp3) is 0.250. The summed E-state index contributed by atoms with van der Waals surface area (Å²) in [7, 11) is 0. The van der Waals surface area contributed by atoms with Gasteiger partial charge >= 0.3 is 12.2 Å². The van der Waals surface area contributed by atoms with Gasteiger partial charge in [0.1, 0.15) is 6.20 Å². The number of alkyl halides is 3. The lowest BCUT2D eigenvalue weighted by Crippen LogP contribution is -2.18. The number of rotatable bonds is 3. The molecule has 1 heterocycles. The van der Waals surface area contributed by atoms with Gasteiger partial charge in [0.15, 0.2) is 5.75 Å². The van der Waals surface area contributed by atoms with Crippen molar-refractivity contribution < 1.29 is 27.9 Å². The van der Waals surface area contributed by atoms with Gasteiger partial charge in [0, 0.05) is 0 Å². The van der Waals surface area contributed by atoms with E-state index in [0.717, 1.165) is 0 Å². The van der Waals surface area contributed by atoms with E-state index in [1.54, 1.807) is 0 Å². The van der Waals surface area contributed by atoms with Crippen LogP contribution in [0.15, 0.2) is 6.20 Å². The number of pyridine rings is 1. The van der Waals surface area contributed by atoms with Crippen molar-refractivity contribution in [3.63, 3.8) is 0 Å². The third-order valence-corrected chi connectivity index (χ3v) is 1.72. The van der Waals surface area contributed by atoms with Crippen LogP contribution in [0.1, 0.15) is 5.56 Å². The maximum Gasteiger partial charge on any atom is 0.573 e. The number of ether oxygens (including phenoxy) is 1. The van der Waals surface area contributed by atoms with E-state index in [9.17, 15) is 28.4 Å². The maximum absolute atomic E-state index is 12.1. The van der Waals surface area contributed by atoms with Crippen molar-refractivity contribution in [2.45, 2.75) is 12.8 Å². The van der Waals surface area contributed by atoms with Gasteiger partial charge < -0.3 is 20.0 Å². The molecule has 0 radical (unpaired) electrons. The molecule has 0 bridgehead atoms. The average Bonchev–Trinajstić information content (AvgIpc) is 2.21. The Balaban J connectivity index is 3.36. The SMILES string of the molecule is N#CCc1cnc([N+](=O)[O-])c(O)c1OC(F)(F)F. The van der Waals surface area contributed by atoms with Crippen molar-refractivity contribution in [2.75, 3.05) is 0 Å². The smallest absolute Gasteiger partial charge is 0.498 e. The first-order valence-electron chi connectivity index (χ1n) is 4.24. The zero-order valence-corrected chi connectivity index (χ0v) is 8.43. The Labute approximate surface area is 97.2 Å². The average molecular weight is 263 g/mol. The second kappa shape index (κ2) is 4.74. The van der Waals surface area contributed by atoms with Gasteiger partial charge in [-0.15, -0.1) is 13.2 Å². The van der Waals surface area contributed by atoms with Gasteiger partial charge in [-0.05, 0) is 9.91 Å². The zero-order valence-electron chi connectivity index (χ0n) is 8.43. The minimum atomic E-state index is -5.16. The normalized spacial score (nSPS) is 10.8. The maximum atomic E-state index is 12.1. The predicted octanol–water partition coefficient (Wildman–Crippen LogP) is 1.66. The Kier molecular flexibility index (Phi) is 3.55. The van der Waals surface area contributed by atoms with Crippen molar-refractivity contribution in [1.29, 1.82) is 5.26 Å². The van der Waals surface area contributed by atoms with Gasteiger partial charge in [-0.1, -0.05) is 0 Å². The molecule has 96 valence electrons. The van der Waals surface area contributed by atoms with E-state index in [-0.39, 0.29) is 0 Å². The van der Waals surface area contributed by atoms with E-state index in [1.807, 2.05) is 0 Å². The summed E-state index contributed by atoms with van der Waals surface area (Å²) < 4.78 is 39.7. The summed E-state index contributed by atoms with van der Waals surface area (Å²) in [6.07, 6.45) is -5.04. The van der Waals surface area contributed by atoms with Crippen LogP contribution in [-0.2, 0) is 6.42 Å². The minimum absolute atomic E-state index is 0.405. The predicted molar refractivity (Wildman–Crippen MR) is 48.6 cm³/mol. The molecule has 0 atom stereocenters. The molecule has 1 aromatic heterocycles. The second-order valence-corrected chi connectivity index (χ2v) is 2.92. The quantitative estimate of drug-likeness (QED) is 0.656. The molecular weight excluding hydrogens is 259 g/mol. The van der Waals surface area contributed by atoms with Crippen LogP contribution in [0.3, 0.4) is 0 Å². The molecule has 0 aliphatic heterocycles. The fourth-order valence-electron chi connectivity index (χ4n) is 1.09. The summed E-state index contributed by atoms with van der Waals surface area (Å²) in [5.41, 5.74) is -0.405. The molecule has 10 heteroatoms. The van der Waals surface area contributed by atoms with Crippen LogP contribution in [0, 0.1) is 21.4 Å². The highest BCUT2D eigenvalue weighted by molar-refractivity contribution is 5.54. The topological polar surface area (TPSA) is 109 Å². The summed E-state index contributed by atoms with van der Waals surface area (Å²) in [5.74, 6) is -3.74. The first kappa shape index (κ1) is 13.5. The number of nitrogens with zero attached hydrogens (tertiary/aromatic N) is 3. The van der Waals surface area contributed by atoms with Crippen LogP contribution in [-0.4, -0.2) is 21.4 Å². The van der Waals surface area contributed by atoms with Crippen molar-refractivity contribution >= 4 is 5.82 Å². The number of aromatic nitrogens is 1. The highest BCUT2D eigenvalue weighted by Gasteiger charge is 2.36. The molecule has 1 aromatic rings.